The molecule has 0 spiro atoms. The molecule has 0 atom stereocenters. The summed E-state index contributed by atoms with van der Waals surface area (Å²) in [5.41, 5.74) is 1.11. The van der Waals surface area contributed by atoms with Gasteiger partial charge in [0.2, 0.25) is 11.8 Å². The molecule has 0 saturated carbocycles. The number of hydrogen-bond acceptors (Lipinski definition) is 4. The molecule has 186 valence electrons. The maximum Gasteiger partial charge on any atom is 0.330 e. The van der Waals surface area contributed by atoms with Gasteiger partial charge in [-0.05, 0) is 24.1 Å². The van der Waals surface area contributed by atoms with Crippen LogP contribution in [0.5, 0.6) is 5.75 Å². The Morgan fingerprint density at radius 2 is 1.21 bits per heavy atom. The fraction of sp³-hybridized carbons (Fsp3) is 0.318. The summed E-state index contributed by atoms with van der Waals surface area (Å²) in [5, 5.41) is 5.04. The predicted octanol–water partition coefficient (Wildman–Crippen LogP) is 4.75. The van der Waals surface area contributed by atoms with Crippen LogP contribution in [0.2, 0.25) is 0 Å². The predicted molar refractivity (Wildman–Crippen MR) is 116 cm³/mol. The monoisotopic (exact) mass is 480 g/mol. The second-order valence-corrected chi connectivity index (χ2v) is 5.33. The van der Waals surface area contributed by atoms with Gasteiger partial charge in [0.25, 0.3) is 0 Å². The minimum absolute atomic E-state index is 0.287. The van der Waals surface area contributed by atoms with Crippen molar-refractivity contribution in [3.05, 3.63) is 66.2 Å². The van der Waals surface area contributed by atoms with Gasteiger partial charge in [0, 0.05) is 24.8 Å². The van der Waals surface area contributed by atoms with Crippen molar-refractivity contribution in [3.8, 4) is 5.75 Å². The van der Waals surface area contributed by atoms with E-state index >= 15 is 0 Å². The van der Waals surface area contributed by atoms with E-state index in [0.29, 0.717) is 25.9 Å². The quantitative estimate of drug-likeness (QED) is 0.247. The van der Waals surface area contributed by atoms with E-state index in [1.54, 1.807) is 30.3 Å². The van der Waals surface area contributed by atoms with Crippen molar-refractivity contribution >= 4 is 17.8 Å². The molecule has 0 fully saturated rings. The minimum Gasteiger partial charge on any atom is -0.425 e. The van der Waals surface area contributed by atoms with E-state index in [1.807, 2.05) is 44.2 Å². The van der Waals surface area contributed by atoms with Crippen molar-refractivity contribution in [2.45, 2.75) is 26.7 Å². The average Bonchev–Trinajstić information content (AvgIpc) is 2.89. The van der Waals surface area contributed by atoms with Crippen LogP contribution in [-0.2, 0) is 20.8 Å². The molecule has 2 aromatic rings. The van der Waals surface area contributed by atoms with Crippen LogP contribution in [0.25, 0.3) is 0 Å². The third-order valence-corrected chi connectivity index (χ3v) is 3.30. The molecule has 6 nitrogen and oxygen atoms in total. The molecule has 2 amide bonds. The number of hydrogen-bond donors (Lipinski definition) is 2. The summed E-state index contributed by atoms with van der Waals surface area (Å²) in [6.07, 6.45) is 0.366. The van der Waals surface area contributed by atoms with Crippen molar-refractivity contribution in [3.63, 3.8) is 0 Å². The van der Waals surface area contributed by atoms with Crippen LogP contribution in [0.1, 0.15) is 25.8 Å². The molecule has 0 aliphatic heterocycles. The first-order valence-corrected chi connectivity index (χ1v) is 9.63. The molecule has 0 radical (unpaired) electrons. The number of benzene rings is 2. The fourth-order valence-corrected chi connectivity index (χ4v) is 2.09. The second-order valence-electron chi connectivity index (χ2n) is 5.33. The first kappa shape index (κ1) is 34.1. The molecule has 11 heteroatoms. The number of esters is 1. The molecule has 2 aromatic carbocycles. The highest BCUT2D eigenvalue weighted by atomic mass is 20.0. The number of para-hydroxylation sites is 1. The van der Waals surface area contributed by atoms with Gasteiger partial charge in [0.15, 0.2) is 0 Å². The average molecular weight is 480 g/mol. The molecular formula is C22H29F5N2O4. The summed E-state index contributed by atoms with van der Waals surface area (Å²) >= 11 is 0. The van der Waals surface area contributed by atoms with E-state index in [4.69, 9.17) is 23.0 Å². The molecule has 0 heterocycles. The Bertz CT molecular complexity index is 723. The number of alkyl halides is 1. The van der Waals surface area contributed by atoms with Gasteiger partial charge in [-0.15, -0.1) is 0 Å². The first-order valence-electron chi connectivity index (χ1n) is 9.63. The SMILES string of the molecule is CC.CF.FF.FF.O=C(CC(=O)NCC(=O)Oc1ccccc1)NCCc1ccccc1. The van der Waals surface area contributed by atoms with Crippen LogP contribution in [0.4, 0.5) is 22.7 Å². The van der Waals surface area contributed by atoms with Gasteiger partial charge in [-0.25, -0.2) is 4.79 Å². The Labute approximate surface area is 189 Å². The summed E-state index contributed by atoms with van der Waals surface area (Å²) in [6.45, 7) is 4.16. The van der Waals surface area contributed by atoms with Crippen molar-refractivity contribution in [1.82, 2.24) is 10.6 Å². The molecule has 2 N–H and O–H groups in total. The molecule has 0 aliphatic carbocycles. The lowest BCUT2D eigenvalue weighted by Crippen LogP contribution is -2.36. The van der Waals surface area contributed by atoms with Crippen LogP contribution in [0, 0.1) is 0 Å². The number of nitrogens with one attached hydrogen (secondary N) is 2. The van der Waals surface area contributed by atoms with E-state index in [0.717, 1.165) is 5.56 Å². The largest absolute Gasteiger partial charge is 0.425 e. The van der Waals surface area contributed by atoms with Crippen molar-refractivity contribution in [2.24, 2.45) is 0 Å². The Hall–Kier alpha value is -3.50. The van der Waals surface area contributed by atoms with Gasteiger partial charge in [0.05, 0.1) is 7.18 Å². The minimum atomic E-state index is -0.593. The molecule has 2 rings (SSSR count). The van der Waals surface area contributed by atoms with Crippen LogP contribution >= 0.6 is 0 Å². The van der Waals surface area contributed by atoms with Gasteiger partial charge in [-0.3, -0.25) is 14.0 Å². The number of halogens is 5. The number of rotatable bonds is 8. The lowest BCUT2D eigenvalue weighted by molar-refractivity contribution is -0.137. The van der Waals surface area contributed by atoms with Crippen LogP contribution in [0.3, 0.4) is 0 Å². The van der Waals surface area contributed by atoms with Gasteiger partial charge < -0.3 is 15.4 Å². The van der Waals surface area contributed by atoms with E-state index in [9.17, 15) is 18.8 Å². The summed E-state index contributed by atoms with van der Waals surface area (Å²) in [5.74, 6) is -1.10. The van der Waals surface area contributed by atoms with Crippen molar-refractivity contribution < 1.29 is 41.8 Å². The first-order chi connectivity index (χ1) is 16.1. The summed E-state index contributed by atoms with van der Waals surface area (Å²) in [4.78, 5) is 34.9. The second kappa shape index (κ2) is 26.5. The van der Waals surface area contributed by atoms with Crippen LogP contribution < -0.4 is 15.4 Å². The molecule has 0 bridgehead atoms. The van der Waals surface area contributed by atoms with E-state index in [1.165, 1.54) is 0 Å². The maximum atomic E-state index is 11.7. The molecule has 0 saturated heterocycles. The molecule has 0 aromatic heterocycles. The van der Waals surface area contributed by atoms with Gasteiger partial charge in [0.1, 0.15) is 18.7 Å². The van der Waals surface area contributed by atoms with Crippen LogP contribution in [0.15, 0.2) is 60.7 Å². The maximum absolute atomic E-state index is 11.7. The third-order valence-electron chi connectivity index (χ3n) is 3.30. The smallest absolute Gasteiger partial charge is 0.330 e. The summed E-state index contributed by atoms with van der Waals surface area (Å²) in [6, 6.07) is 18.3. The highest BCUT2D eigenvalue weighted by Gasteiger charge is 2.11. The normalized spacial score (nSPS) is 8.24. The zero-order valence-corrected chi connectivity index (χ0v) is 18.6. The number of carbonyl (C=O) groups is 3. The third kappa shape index (κ3) is 20.2. The Morgan fingerprint density at radius 1 is 0.758 bits per heavy atom. The van der Waals surface area contributed by atoms with Gasteiger partial charge in [-0.2, -0.15) is 0 Å². The van der Waals surface area contributed by atoms with E-state index in [-0.39, 0.29) is 18.9 Å². The highest BCUT2D eigenvalue weighted by Crippen LogP contribution is 2.07. The molecule has 33 heavy (non-hydrogen) atoms. The lowest BCUT2D eigenvalue weighted by Gasteiger charge is -2.07. The van der Waals surface area contributed by atoms with Gasteiger partial charge >= 0.3 is 5.97 Å². The Kier molecular flexibility index (Phi) is 27.4. The summed E-state index contributed by atoms with van der Waals surface area (Å²) in [7, 11) is 0.500. The van der Waals surface area contributed by atoms with E-state index in [2.05, 4.69) is 10.6 Å². The standard InChI is InChI=1S/C19H20N2O4.C2H6.CH3F.2F2/c22-17(20-12-11-15-7-3-1-4-8-15)13-18(23)21-14-19(24)25-16-9-5-2-6-10-16;4*1-2/h1-10H,11-14H2,(H,20,22)(H,21,23);1-2H3;1H3;;. The topological polar surface area (TPSA) is 84.5 Å². The van der Waals surface area contributed by atoms with Gasteiger partial charge in [-0.1, -0.05) is 62.4 Å². The van der Waals surface area contributed by atoms with Crippen molar-refractivity contribution in [2.75, 3.05) is 20.3 Å². The fourth-order valence-electron chi connectivity index (χ4n) is 2.09. The highest BCUT2D eigenvalue weighted by molar-refractivity contribution is 5.97. The molecule has 0 unspecified atom stereocenters. The molecular weight excluding hydrogens is 451 g/mol. The zero-order valence-electron chi connectivity index (χ0n) is 18.6. The zero-order chi connectivity index (χ0) is 25.9. The Balaban J connectivity index is -0.00000101. The van der Waals surface area contributed by atoms with Crippen molar-refractivity contribution in [1.29, 1.82) is 0 Å². The number of carbonyl (C=O) groups excluding carboxylic acids is 3. The number of amides is 2. The van der Waals surface area contributed by atoms with E-state index < -0.39 is 11.9 Å². The lowest BCUT2D eigenvalue weighted by atomic mass is 10.1. The molecule has 0 aliphatic rings. The summed E-state index contributed by atoms with van der Waals surface area (Å²) < 4.78 is 46.5. The Morgan fingerprint density at radius 3 is 1.73 bits per heavy atom. The van der Waals surface area contributed by atoms with Crippen LogP contribution in [-0.4, -0.2) is 38.1 Å². The number of ether oxygens (including phenoxy) is 1.